The largest absolute Gasteiger partial charge is 0.460 e. The zero-order valence-corrected chi connectivity index (χ0v) is 11.4. The van der Waals surface area contributed by atoms with Crippen LogP contribution in [0.1, 0.15) is 6.42 Å². The van der Waals surface area contributed by atoms with Gasteiger partial charge in [0.15, 0.2) is 0 Å². The summed E-state index contributed by atoms with van der Waals surface area (Å²) in [6, 6.07) is 0. The van der Waals surface area contributed by atoms with E-state index >= 15 is 0 Å². The fourth-order valence-electron chi connectivity index (χ4n) is 1.34. The van der Waals surface area contributed by atoms with E-state index in [-0.39, 0.29) is 13.0 Å². The number of aromatic nitrogens is 2. The lowest BCUT2D eigenvalue weighted by Crippen LogP contribution is -2.59. The van der Waals surface area contributed by atoms with Crippen LogP contribution in [0.2, 0.25) is 5.02 Å². The first-order valence-corrected chi connectivity index (χ1v) is 6.06. The Kier molecular flexibility index (Phi) is 5.31. The van der Waals surface area contributed by atoms with Crippen molar-refractivity contribution in [2.24, 2.45) is 0 Å². The van der Waals surface area contributed by atoms with Crippen LogP contribution in [-0.4, -0.2) is 40.3 Å². The van der Waals surface area contributed by atoms with E-state index in [1.54, 1.807) is 0 Å². The molecule has 1 aromatic heterocycles. The third-order valence-electron chi connectivity index (χ3n) is 2.49. The molecule has 1 heterocycles. The molecule has 22 heavy (non-hydrogen) atoms. The van der Waals surface area contributed by atoms with Crippen molar-refractivity contribution in [2.45, 2.75) is 31.0 Å². The lowest BCUT2D eigenvalue weighted by molar-refractivity contribution is -0.344. The maximum absolute atomic E-state index is 12.9. The van der Waals surface area contributed by atoms with Crippen LogP contribution in [0.15, 0.2) is 12.4 Å². The molecule has 0 saturated carbocycles. The van der Waals surface area contributed by atoms with E-state index in [2.05, 4.69) is 5.10 Å². The highest BCUT2D eigenvalue weighted by Crippen LogP contribution is 2.46. The van der Waals surface area contributed by atoms with Gasteiger partial charge in [-0.1, -0.05) is 11.6 Å². The zero-order valence-electron chi connectivity index (χ0n) is 10.6. The molecule has 1 amide bonds. The van der Waals surface area contributed by atoms with E-state index in [0.29, 0.717) is 5.02 Å². The molecule has 0 atom stereocenters. The highest BCUT2D eigenvalue weighted by molar-refractivity contribution is 6.30. The number of rotatable bonds is 6. The zero-order chi connectivity index (χ0) is 17.2. The molecule has 0 aliphatic carbocycles. The van der Waals surface area contributed by atoms with E-state index in [1.807, 2.05) is 0 Å². The van der Waals surface area contributed by atoms with Crippen LogP contribution >= 0.6 is 11.6 Å². The van der Waals surface area contributed by atoms with E-state index in [4.69, 9.17) is 11.6 Å². The number of hydrogen-bond acceptors (Lipinski definition) is 2. The number of amides is 1. The molecule has 0 aliphatic heterocycles. The Hall–Kier alpha value is -1.52. The van der Waals surface area contributed by atoms with E-state index in [0.717, 1.165) is 0 Å². The second kappa shape index (κ2) is 6.31. The summed E-state index contributed by atoms with van der Waals surface area (Å²) in [7, 11) is 0. The lowest BCUT2D eigenvalue weighted by Gasteiger charge is -2.27. The van der Waals surface area contributed by atoms with Crippen molar-refractivity contribution < 1.29 is 35.5 Å². The van der Waals surface area contributed by atoms with Crippen molar-refractivity contribution in [3.63, 3.8) is 0 Å². The molecule has 0 saturated heterocycles. The molecule has 126 valence electrons. The minimum absolute atomic E-state index is 0.0303. The SMILES string of the molecule is O=C(NCCCn1cc(Cl)cn1)C(F)(F)C(F)(F)C(F)(F)F. The maximum atomic E-state index is 12.9. The first-order valence-electron chi connectivity index (χ1n) is 5.68. The average Bonchev–Trinajstić information content (AvgIpc) is 2.78. The molecule has 0 fully saturated rings. The Morgan fingerprint density at radius 1 is 1.23 bits per heavy atom. The Morgan fingerprint density at radius 3 is 2.27 bits per heavy atom. The molecule has 12 heteroatoms. The van der Waals surface area contributed by atoms with Crippen molar-refractivity contribution >= 4 is 17.5 Å². The van der Waals surface area contributed by atoms with Crippen LogP contribution in [0.3, 0.4) is 0 Å². The van der Waals surface area contributed by atoms with Crippen molar-refractivity contribution in [3.05, 3.63) is 17.4 Å². The van der Waals surface area contributed by atoms with Crippen molar-refractivity contribution in [1.82, 2.24) is 15.1 Å². The number of aryl methyl sites for hydroxylation is 1. The van der Waals surface area contributed by atoms with Gasteiger partial charge in [-0.2, -0.15) is 35.8 Å². The molecule has 0 bridgehead atoms. The normalized spacial score (nSPS) is 13.3. The summed E-state index contributed by atoms with van der Waals surface area (Å²) in [6.07, 6.45) is -3.93. The minimum Gasteiger partial charge on any atom is -0.351 e. The lowest BCUT2D eigenvalue weighted by atomic mass is 10.1. The Bertz CT molecular complexity index is 529. The smallest absolute Gasteiger partial charge is 0.351 e. The van der Waals surface area contributed by atoms with Crippen LogP contribution in [0.5, 0.6) is 0 Å². The second-order valence-corrected chi connectivity index (χ2v) is 4.61. The fraction of sp³-hybridized carbons (Fsp3) is 0.600. The van der Waals surface area contributed by atoms with Crippen LogP contribution in [0.4, 0.5) is 30.7 Å². The summed E-state index contributed by atoms with van der Waals surface area (Å²) in [5, 5.41) is 5.34. The Balaban J connectivity index is 2.53. The van der Waals surface area contributed by atoms with Gasteiger partial charge in [-0.15, -0.1) is 0 Å². The molecule has 0 unspecified atom stereocenters. The number of hydrogen-bond donors (Lipinski definition) is 1. The minimum atomic E-state index is -6.54. The standard InChI is InChI=1S/C10H9ClF7N3O/c11-6-4-20-21(5-6)3-1-2-19-7(22)8(12,13)9(14,15)10(16,17)18/h4-5H,1-3H2,(H,19,22). The summed E-state index contributed by atoms with van der Waals surface area (Å²) >= 11 is 5.53. The van der Waals surface area contributed by atoms with Gasteiger partial charge in [-0.25, -0.2) is 0 Å². The monoisotopic (exact) mass is 355 g/mol. The van der Waals surface area contributed by atoms with E-state index < -0.39 is 30.5 Å². The van der Waals surface area contributed by atoms with Crippen LogP contribution in [-0.2, 0) is 11.3 Å². The predicted octanol–water partition coefficient (Wildman–Crippen LogP) is 2.88. The third-order valence-corrected chi connectivity index (χ3v) is 2.68. The summed E-state index contributed by atoms with van der Waals surface area (Å²) < 4.78 is 87.9. The summed E-state index contributed by atoms with van der Waals surface area (Å²) in [5.41, 5.74) is 0. The van der Waals surface area contributed by atoms with Gasteiger partial charge in [0.1, 0.15) is 0 Å². The first-order chi connectivity index (χ1) is 9.89. The van der Waals surface area contributed by atoms with Crippen molar-refractivity contribution in [3.8, 4) is 0 Å². The van der Waals surface area contributed by atoms with Crippen molar-refractivity contribution in [1.29, 1.82) is 0 Å². The van der Waals surface area contributed by atoms with Gasteiger partial charge in [0.2, 0.25) is 0 Å². The molecule has 4 nitrogen and oxygen atoms in total. The van der Waals surface area contributed by atoms with Gasteiger partial charge >= 0.3 is 18.0 Å². The van der Waals surface area contributed by atoms with Crippen LogP contribution in [0, 0.1) is 0 Å². The highest BCUT2D eigenvalue weighted by Gasteiger charge is 2.76. The molecule has 1 rings (SSSR count). The number of carbonyl (C=O) groups excluding carboxylic acids is 1. The van der Waals surface area contributed by atoms with E-state index in [9.17, 15) is 35.5 Å². The number of nitrogens with one attached hydrogen (secondary N) is 1. The van der Waals surface area contributed by atoms with Gasteiger partial charge in [0, 0.05) is 19.3 Å². The predicted molar refractivity (Wildman–Crippen MR) is 60.8 cm³/mol. The summed E-state index contributed by atoms with van der Waals surface area (Å²) in [4.78, 5) is 10.9. The molecular weight excluding hydrogens is 347 g/mol. The van der Waals surface area contributed by atoms with E-state index in [1.165, 1.54) is 22.4 Å². The summed E-state index contributed by atoms with van der Waals surface area (Å²) in [6.45, 7) is -0.450. The maximum Gasteiger partial charge on any atom is 0.460 e. The van der Waals surface area contributed by atoms with Crippen molar-refractivity contribution in [2.75, 3.05) is 6.54 Å². The second-order valence-electron chi connectivity index (χ2n) is 4.18. The number of nitrogens with zero attached hydrogens (tertiary/aromatic N) is 2. The highest BCUT2D eigenvalue weighted by atomic mass is 35.5. The summed E-state index contributed by atoms with van der Waals surface area (Å²) in [5.74, 6) is -15.1. The Labute approximate surface area is 124 Å². The van der Waals surface area contributed by atoms with Gasteiger partial charge < -0.3 is 5.32 Å². The van der Waals surface area contributed by atoms with Gasteiger partial charge in [-0.05, 0) is 6.42 Å². The van der Waals surface area contributed by atoms with Crippen LogP contribution < -0.4 is 5.32 Å². The van der Waals surface area contributed by atoms with Gasteiger partial charge in [0.25, 0.3) is 5.91 Å². The molecule has 0 spiro atoms. The molecule has 0 aliphatic rings. The quantitative estimate of drug-likeness (QED) is 0.630. The topological polar surface area (TPSA) is 46.9 Å². The molecule has 0 radical (unpaired) electrons. The fourth-order valence-corrected chi connectivity index (χ4v) is 1.49. The average molecular weight is 356 g/mol. The molecule has 1 aromatic rings. The van der Waals surface area contributed by atoms with Gasteiger partial charge in [0.05, 0.1) is 11.2 Å². The molecule has 0 aromatic carbocycles. The van der Waals surface area contributed by atoms with Crippen LogP contribution in [0.25, 0.3) is 0 Å². The number of alkyl halides is 7. The first kappa shape index (κ1) is 18.5. The molecule has 1 N–H and O–H groups in total. The third kappa shape index (κ3) is 3.81. The Morgan fingerprint density at radius 2 is 1.82 bits per heavy atom. The molecular formula is C10H9ClF7N3O. The van der Waals surface area contributed by atoms with Gasteiger partial charge in [-0.3, -0.25) is 9.48 Å². The number of carbonyl (C=O) groups is 1. The number of halogens is 8.